The zero-order valence-corrected chi connectivity index (χ0v) is 24.5. The van der Waals surface area contributed by atoms with E-state index in [0.717, 1.165) is 37.9 Å². The molecule has 0 saturated heterocycles. The average molecular weight is 692 g/mol. The van der Waals surface area contributed by atoms with E-state index in [2.05, 4.69) is 38.5 Å². The molecule has 3 aromatic rings. The zero-order valence-electron chi connectivity index (χ0n) is 21.5. The molecular formula is C30H25F3IN3O3S. The number of aliphatic hydroxyl groups is 1. The van der Waals surface area contributed by atoms with E-state index >= 15 is 0 Å². The lowest BCUT2D eigenvalue weighted by Crippen LogP contribution is -2.27. The van der Waals surface area contributed by atoms with E-state index in [9.17, 15) is 26.7 Å². The first-order valence-corrected chi connectivity index (χ1v) is 15.4. The Morgan fingerprint density at radius 1 is 1.07 bits per heavy atom. The Bertz CT molecular complexity index is 1780. The summed E-state index contributed by atoms with van der Waals surface area (Å²) in [5.74, 6) is -0.650. The number of rotatable bonds is 5. The van der Waals surface area contributed by atoms with Crippen molar-refractivity contribution < 1.29 is 26.7 Å². The first-order valence-electron chi connectivity index (χ1n) is 12.8. The number of fused-ring (bicyclic) bond motifs is 1. The summed E-state index contributed by atoms with van der Waals surface area (Å²) in [5.41, 5.74) is 5.11. The van der Waals surface area contributed by atoms with Crippen LogP contribution in [0.25, 0.3) is 22.0 Å². The molecule has 0 unspecified atom stereocenters. The Labute approximate surface area is 248 Å². The molecule has 1 aromatic heterocycles. The van der Waals surface area contributed by atoms with Gasteiger partial charge in [0.05, 0.1) is 22.1 Å². The molecule has 0 radical (unpaired) electrons. The standard InChI is InChI=1S/C30H25F3IN3O3S/c31-30(32,33)22-3-1-2-20(6-10-22)28(35)25-13-4-18(5-15-27(25)38)17-41(39,40)23-11-7-19(8-12-23)21-9-14-24-26(16-21)36-37-29(24)34/h2-3,6-12,14,16-17,25,27,35,38H,4-5,13,15H2,(H,36,37)/b18-17+,35-28?/t25-,27+/m1/s1. The van der Waals surface area contributed by atoms with Gasteiger partial charge in [0.25, 0.3) is 0 Å². The molecule has 41 heavy (non-hydrogen) atoms. The van der Waals surface area contributed by atoms with E-state index < -0.39 is 33.6 Å². The number of aromatic amines is 1. The summed E-state index contributed by atoms with van der Waals surface area (Å²) in [6.07, 6.45) is -0.0577. The van der Waals surface area contributed by atoms with Gasteiger partial charge in [-0.2, -0.15) is 18.3 Å². The first kappa shape index (κ1) is 29.2. The quantitative estimate of drug-likeness (QED) is 0.114. The van der Waals surface area contributed by atoms with Crippen LogP contribution >= 0.6 is 22.6 Å². The van der Waals surface area contributed by atoms with E-state index in [1.54, 1.807) is 24.3 Å². The lowest BCUT2D eigenvalue weighted by Gasteiger charge is -2.21. The van der Waals surface area contributed by atoms with Gasteiger partial charge in [-0.1, -0.05) is 29.8 Å². The second kappa shape index (κ2) is 11.6. The van der Waals surface area contributed by atoms with Gasteiger partial charge >= 0.3 is 6.18 Å². The lowest BCUT2D eigenvalue weighted by molar-refractivity contribution is -0.0881. The molecule has 0 bridgehead atoms. The van der Waals surface area contributed by atoms with Crippen LogP contribution in [-0.4, -0.2) is 41.7 Å². The average Bonchev–Trinajstić information content (AvgIpc) is 3.09. The van der Waals surface area contributed by atoms with Crippen molar-refractivity contribution in [2.24, 2.45) is 5.92 Å². The zero-order chi connectivity index (χ0) is 29.4. The summed E-state index contributed by atoms with van der Waals surface area (Å²) in [6.45, 7) is 0. The molecule has 0 spiro atoms. The summed E-state index contributed by atoms with van der Waals surface area (Å²) in [5, 5.41) is 28.8. The third kappa shape index (κ3) is 6.48. The maximum atomic E-state index is 13.2. The van der Waals surface area contributed by atoms with Gasteiger partial charge in [0.15, 0.2) is 9.84 Å². The number of hydrogen-bond acceptors (Lipinski definition) is 5. The highest BCUT2D eigenvalue weighted by molar-refractivity contribution is 14.1. The molecular weight excluding hydrogens is 666 g/mol. The second-order valence-corrected chi connectivity index (χ2v) is 12.8. The van der Waals surface area contributed by atoms with Crippen LogP contribution in [-0.2, 0) is 9.84 Å². The smallest absolute Gasteiger partial charge is 0.392 e. The third-order valence-electron chi connectivity index (χ3n) is 7.29. The molecule has 1 fully saturated rings. The van der Waals surface area contributed by atoms with Gasteiger partial charge in [-0.3, -0.25) is 5.10 Å². The molecule has 2 aromatic carbocycles. The van der Waals surface area contributed by atoms with Crippen molar-refractivity contribution in [3.63, 3.8) is 0 Å². The van der Waals surface area contributed by atoms with Crippen molar-refractivity contribution in [3.8, 4) is 11.1 Å². The minimum Gasteiger partial charge on any atom is -0.392 e. The highest BCUT2D eigenvalue weighted by Gasteiger charge is 2.33. The van der Waals surface area contributed by atoms with Gasteiger partial charge < -0.3 is 10.5 Å². The number of nitrogens with one attached hydrogen (secondary N) is 2. The Morgan fingerprint density at radius 3 is 2.51 bits per heavy atom. The molecule has 1 heterocycles. The minimum atomic E-state index is -4.53. The number of nitrogens with zero attached hydrogens (tertiary/aromatic N) is 1. The fourth-order valence-corrected chi connectivity index (χ4v) is 6.91. The Morgan fingerprint density at radius 2 is 1.78 bits per heavy atom. The fraction of sp³-hybridized carbons (Fsp3) is 0.233. The van der Waals surface area contributed by atoms with Crippen LogP contribution < -0.4 is 0 Å². The van der Waals surface area contributed by atoms with Gasteiger partial charge in [0.2, 0.25) is 0 Å². The molecule has 0 amide bonds. The van der Waals surface area contributed by atoms with Crippen LogP contribution in [0.5, 0.6) is 0 Å². The number of aliphatic hydroxyl groups excluding tert-OH is 1. The predicted molar refractivity (Wildman–Crippen MR) is 160 cm³/mol. The molecule has 2 atom stereocenters. The van der Waals surface area contributed by atoms with Crippen LogP contribution in [0.1, 0.15) is 25.7 Å². The molecule has 5 rings (SSSR count). The van der Waals surface area contributed by atoms with E-state index in [1.807, 2.05) is 18.2 Å². The highest BCUT2D eigenvalue weighted by Crippen LogP contribution is 2.33. The second-order valence-electron chi connectivity index (χ2n) is 9.98. The Hall–Kier alpha value is -3.25. The number of allylic oxidation sites excluding steroid dienone is 6. The minimum absolute atomic E-state index is 0.000741. The highest BCUT2D eigenvalue weighted by atomic mass is 127. The van der Waals surface area contributed by atoms with Gasteiger partial charge in [-0.05, 0) is 102 Å². The topological polar surface area (TPSA) is 107 Å². The van der Waals surface area contributed by atoms with Crippen LogP contribution in [0.2, 0.25) is 0 Å². The van der Waals surface area contributed by atoms with Crippen LogP contribution in [0.15, 0.2) is 99.5 Å². The summed E-state index contributed by atoms with van der Waals surface area (Å²) in [7, 11) is -3.77. The first-order chi connectivity index (χ1) is 19.4. The summed E-state index contributed by atoms with van der Waals surface area (Å²) in [6, 6.07) is 12.5. The van der Waals surface area contributed by atoms with Crippen LogP contribution in [0.3, 0.4) is 0 Å². The molecule has 11 heteroatoms. The number of hydrogen-bond donors (Lipinski definition) is 3. The molecule has 212 valence electrons. The molecule has 0 aliphatic heterocycles. The Kier molecular flexibility index (Phi) is 8.24. The summed E-state index contributed by atoms with van der Waals surface area (Å²) >= 11 is 2.15. The number of halogens is 4. The maximum Gasteiger partial charge on any atom is 0.417 e. The predicted octanol–water partition coefficient (Wildman–Crippen LogP) is 7.20. The summed E-state index contributed by atoms with van der Waals surface area (Å²) in [4.78, 5) is 0.146. The fourth-order valence-electron chi connectivity index (χ4n) is 4.99. The monoisotopic (exact) mass is 691 g/mol. The molecule has 6 nitrogen and oxygen atoms in total. The molecule has 2 aliphatic carbocycles. The van der Waals surface area contributed by atoms with Crippen molar-refractivity contribution in [2.75, 3.05) is 0 Å². The van der Waals surface area contributed by atoms with Crippen molar-refractivity contribution in [3.05, 3.63) is 98.3 Å². The van der Waals surface area contributed by atoms with E-state index in [4.69, 9.17) is 5.41 Å². The largest absolute Gasteiger partial charge is 0.417 e. The van der Waals surface area contributed by atoms with E-state index in [-0.39, 0.29) is 22.6 Å². The van der Waals surface area contributed by atoms with Crippen molar-refractivity contribution in [1.82, 2.24) is 10.2 Å². The molecule has 3 N–H and O–H groups in total. The molecule has 2 aliphatic rings. The molecule has 1 saturated carbocycles. The van der Waals surface area contributed by atoms with Crippen LogP contribution in [0, 0.1) is 15.0 Å². The normalized spacial score (nSPS) is 21.0. The van der Waals surface area contributed by atoms with E-state index in [0.29, 0.717) is 24.8 Å². The van der Waals surface area contributed by atoms with Gasteiger partial charge in [0.1, 0.15) is 3.70 Å². The lowest BCUT2D eigenvalue weighted by atomic mass is 9.87. The van der Waals surface area contributed by atoms with Gasteiger partial charge in [-0.25, -0.2) is 8.42 Å². The van der Waals surface area contributed by atoms with Gasteiger partial charge in [0, 0.05) is 28.0 Å². The number of H-pyrrole nitrogens is 1. The van der Waals surface area contributed by atoms with Crippen LogP contribution in [0.4, 0.5) is 13.2 Å². The number of benzene rings is 2. The number of aromatic nitrogens is 2. The van der Waals surface area contributed by atoms with E-state index in [1.165, 1.54) is 17.6 Å². The van der Waals surface area contributed by atoms with Gasteiger partial charge in [-0.15, -0.1) is 5.73 Å². The number of alkyl halides is 3. The summed E-state index contributed by atoms with van der Waals surface area (Å²) < 4.78 is 66.4. The van der Waals surface area contributed by atoms with Crippen molar-refractivity contribution in [2.45, 2.75) is 42.9 Å². The van der Waals surface area contributed by atoms with Crippen molar-refractivity contribution in [1.29, 1.82) is 5.41 Å². The van der Waals surface area contributed by atoms with Crippen molar-refractivity contribution >= 4 is 49.0 Å². The number of sulfone groups is 1. The Balaban J connectivity index is 1.30. The SMILES string of the molecule is N=C(C1=CC=C(C(F)(F)F)C=C=C1)[C@@H]1CC/C(=C\S(=O)(=O)c2ccc(-c3ccc4c(I)n[nH]c4c3)cc2)CC[C@@H]1O. The maximum absolute atomic E-state index is 13.2. The third-order valence-corrected chi connectivity index (χ3v) is 9.68.